The largest absolute Gasteiger partial charge is 0.0777 e. The van der Waals surface area contributed by atoms with E-state index in [1.54, 1.807) is 8.93 Å². The van der Waals surface area contributed by atoms with E-state index in [-0.39, 0.29) is 0 Å². The Morgan fingerprint density at radius 1 is 1.27 bits per heavy atom. The van der Waals surface area contributed by atoms with E-state index in [1.807, 2.05) is 0 Å². The molecule has 0 saturated heterocycles. The van der Waals surface area contributed by atoms with E-state index < -0.39 is 0 Å². The van der Waals surface area contributed by atoms with Crippen LogP contribution in [0.25, 0.3) is 0 Å². The first-order chi connectivity index (χ1) is 5.24. The summed E-state index contributed by atoms with van der Waals surface area (Å²) in [6.45, 7) is 2.20. The molecule has 1 aromatic rings. The Kier molecular flexibility index (Phi) is 4.52. The predicted octanol–water partition coefficient (Wildman–Crippen LogP) is 4.62. The SMILES string of the molecule is CC(I)c1ccc(SI)cc1. The van der Waals surface area contributed by atoms with Crippen LogP contribution in [-0.2, 0) is 0 Å². The van der Waals surface area contributed by atoms with E-state index >= 15 is 0 Å². The van der Waals surface area contributed by atoms with Gasteiger partial charge in [-0.2, -0.15) is 0 Å². The summed E-state index contributed by atoms with van der Waals surface area (Å²) in [7, 11) is 1.76. The number of hydrogen-bond donors (Lipinski definition) is 0. The summed E-state index contributed by atoms with van der Waals surface area (Å²) in [4.78, 5) is 1.33. The molecule has 1 aromatic carbocycles. The molecule has 60 valence electrons. The third-order valence-corrected chi connectivity index (χ3v) is 4.12. The third-order valence-electron chi connectivity index (χ3n) is 1.43. The third kappa shape index (κ3) is 3.10. The average Bonchev–Trinajstić information content (AvgIpc) is 2.05. The van der Waals surface area contributed by atoms with Gasteiger partial charge >= 0.3 is 0 Å². The Bertz CT molecular complexity index is 218. The van der Waals surface area contributed by atoms with Crippen LogP contribution in [0.15, 0.2) is 29.2 Å². The zero-order chi connectivity index (χ0) is 8.27. The second-order valence-electron chi connectivity index (χ2n) is 2.26. The second-order valence-corrected chi connectivity index (χ2v) is 6.08. The highest BCUT2D eigenvalue weighted by atomic mass is 127. The fourth-order valence-electron chi connectivity index (χ4n) is 0.784. The first kappa shape index (κ1) is 10.1. The van der Waals surface area contributed by atoms with Gasteiger partial charge in [0.05, 0.1) is 0 Å². The van der Waals surface area contributed by atoms with Crippen LogP contribution in [0.4, 0.5) is 0 Å². The Hall–Kier alpha value is 1.03. The van der Waals surface area contributed by atoms with E-state index in [0.29, 0.717) is 3.92 Å². The van der Waals surface area contributed by atoms with Crippen molar-refractivity contribution in [2.45, 2.75) is 15.7 Å². The lowest BCUT2D eigenvalue weighted by Crippen LogP contribution is -1.81. The van der Waals surface area contributed by atoms with Gasteiger partial charge < -0.3 is 0 Å². The lowest BCUT2D eigenvalue weighted by Gasteiger charge is -2.02. The van der Waals surface area contributed by atoms with Gasteiger partial charge in [-0.1, -0.05) is 43.7 Å². The highest BCUT2D eigenvalue weighted by molar-refractivity contribution is 14.2. The van der Waals surface area contributed by atoms with Gasteiger partial charge in [-0.05, 0) is 24.6 Å². The van der Waals surface area contributed by atoms with Crippen LogP contribution in [-0.4, -0.2) is 0 Å². The van der Waals surface area contributed by atoms with Crippen LogP contribution in [0.1, 0.15) is 16.4 Å². The fourth-order valence-corrected chi connectivity index (χ4v) is 2.32. The Labute approximate surface area is 97.3 Å². The van der Waals surface area contributed by atoms with Crippen LogP contribution in [0, 0.1) is 0 Å². The summed E-state index contributed by atoms with van der Waals surface area (Å²) < 4.78 is 0.612. The van der Waals surface area contributed by atoms with Gasteiger partial charge in [0, 0.05) is 30.0 Å². The molecule has 0 heterocycles. The van der Waals surface area contributed by atoms with Crippen LogP contribution < -0.4 is 0 Å². The summed E-state index contributed by atoms with van der Waals surface area (Å²) in [5.41, 5.74) is 1.40. The van der Waals surface area contributed by atoms with E-state index in [0.717, 1.165) is 0 Å². The molecule has 1 unspecified atom stereocenters. The van der Waals surface area contributed by atoms with E-state index in [1.165, 1.54) is 10.5 Å². The van der Waals surface area contributed by atoms with E-state index in [4.69, 9.17) is 0 Å². The summed E-state index contributed by atoms with van der Waals surface area (Å²) in [6, 6.07) is 8.72. The summed E-state index contributed by atoms with van der Waals surface area (Å²) >= 11 is 4.72. The number of alkyl halides is 1. The van der Waals surface area contributed by atoms with Crippen molar-refractivity contribution in [1.29, 1.82) is 0 Å². The highest BCUT2D eigenvalue weighted by Gasteiger charge is 1.98. The quantitative estimate of drug-likeness (QED) is 0.525. The minimum atomic E-state index is 0.612. The Balaban J connectivity index is 2.83. The fraction of sp³-hybridized carbons (Fsp3) is 0.250. The van der Waals surface area contributed by atoms with Crippen molar-refractivity contribution < 1.29 is 0 Å². The molecule has 3 heteroatoms. The van der Waals surface area contributed by atoms with Crippen LogP contribution >= 0.6 is 52.7 Å². The van der Waals surface area contributed by atoms with Crippen molar-refractivity contribution in [3.05, 3.63) is 29.8 Å². The molecule has 0 radical (unpaired) electrons. The van der Waals surface area contributed by atoms with Crippen LogP contribution in [0.3, 0.4) is 0 Å². The van der Waals surface area contributed by atoms with Gasteiger partial charge in [-0.3, -0.25) is 0 Å². The minimum absolute atomic E-state index is 0.612. The molecule has 0 spiro atoms. The topological polar surface area (TPSA) is 0 Å². The molecule has 0 fully saturated rings. The van der Waals surface area contributed by atoms with Crippen LogP contribution in [0.5, 0.6) is 0 Å². The van der Waals surface area contributed by atoms with Crippen molar-refractivity contribution in [2.75, 3.05) is 0 Å². The molecule has 0 bridgehead atoms. The van der Waals surface area contributed by atoms with Crippen molar-refractivity contribution in [3.63, 3.8) is 0 Å². The zero-order valence-electron chi connectivity index (χ0n) is 6.05. The maximum Gasteiger partial charge on any atom is 0.0331 e. The molecule has 0 aliphatic heterocycles. The van der Waals surface area contributed by atoms with Gasteiger partial charge in [0.15, 0.2) is 0 Å². The molecule has 11 heavy (non-hydrogen) atoms. The summed E-state index contributed by atoms with van der Waals surface area (Å²) in [5, 5.41) is 0. The molecule has 0 aliphatic carbocycles. The molecule has 0 aromatic heterocycles. The maximum atomic E-state index is 2.42. The minimum Gasteiger partial charge on any atom is -0.0777 e. The van der Waals surface area contributed by atoms with Crippen molar-refractivity contribution in [1.82, 2.24) is 0 Å². The lowest BCUT2D eigenvalue weighted by molar-refractivity contribution is 1.14. The van der Waals surface area contributed by atoms with Crippen molar-refractivity contribution >= 4 is 52.7 Å². The van der Waals surface area contributed by atoms with E-state index in [9.17, 15) is 0 Å². The van der Waals surface area contributed by atoms with Gasteiger partial charge in [0.1, 0.15) is 0 Å². The highest BCUT2D eigenvalue weighted by Crippen LogP contribution is 2.28. The molecule has 1 atom stereocenters. The first-order valence-corrected chi connectivity index (χ1v) is 7.87. The second kappa shape index (κ2) is 4.91. The monoisotopic (exact) mass is 390 g/mol. The molecular formula is C8H8I2S. The first-order valence-electron chi connectivity index (χ1n) is 3.26. The number of hydrogen-bond acceptors (Lipinski definition) is 1. The predicted molar refractivity (Wildman–Crippen MR) is 68.8 cm³/mol. The molecular weight excluding hydrogens is 382 g/mol. The molecule has 0 saturated carbocycles. The van der Waals surface area contributed by atoms with E-state index in [2.05, 4.69) is 75.0 Å². The maximum absolute atomic E-state index is 2.42. The Morgan fingerprint density at radius 2 is 1.82 bits per heavy atom. The van der Waals surface area contributed by atoms with Gasteiger partial charge in [-0.25, -0.2) is 0 Å². The smallest absolute Gasteiger partial charge is 0.0331 e. The summed E-state index contributed by atoms with van der Waals surface area (Å²) in [5.74, 6) is 0. The standard InChI is InChI=1S/C8H8I2S/c1-6(9)7-2-4-8(11-10)5-3-7/h2-6H,1H3. The van der Waals surface area contributed by atoms with Crippen molar-refractivity contribution in [3.8, 4) is 0 Å². The molecule has 0 aliphatic rings. The Morgan fingerprint density at radius 3 is 2.18 bits per heavy atom. The average molecular weight is 390 g/mol. The summed E-state index contributed by atoms with van der Waals surface area (Å²) in [6.07, 6.45) is 0. The lowest BCUT2D eigenvalue weighted by atomic mass is 10.2. The number of benzene rings is 1. The van der Waals surface area contributed by atoms with Crippen molar-refractivity contribution in [2.24, 2.45) is 0 Å². The molecule has 0 N–H and O–H groups in total. The molecule has 1 rings (SSSR count). The molecule has 0 amide bonds. The van der Waals surface area contributed by atoms with Crippen LogP contribution in [0.2, 0.25) is 0 Å². The zero-order valence-corrected chi connectivity index (χ0v) is 11.2. The van der Waals surface area contributed by atoms with Gasteiger partial charge in [0.2, 0.25) is 0 Å². The molecule has 0 nitrogen and oxygen atoms in total. The van der Waals surface area contributed by atoms with Gasteiger partial charge in [0.25, 0.3) is 0 Å². The normalized spacial score (nSPS) is 13.0. The number of rotatable bonds is 2. The number of halogens is 2. The van der Waals surface area contributed by atoms with Gasteiger partial charge in [-0.15, -0.1) is 0 Å².